The third-order valence-corrected chi connectivity index (χ3v) is 3.82. The summed E-state index contributed by atoms with van der Waals surface area (Å²) >= 11 is 2.24. The minimum atomic E-state index is -0.806. The van der Waals surface area contributed by atoms with Crippen molar-refractivity contribution in [1.29, 1.82) is 0 Å². The number of carbonyl (C=O) groups is 1. The van der Waals surface area contributed by atoms with Gasteiger partial charge in [0.15, 0.2) is 0 Å². The van der Waals surface area contributed by atoms with Crippen LogP contribution in [0.25, 0.3) is 10.9 Å². The highest BCUT2D eigenvalue weighted by atomic mass is 127. The second-order valence-corrected chi connectivity index (χ2v) is 5.61. The lowest BCUT2D eigenvalue weighted by Crippen LogP contribution is -2.29. The number of carboxylic acids is 1. The van der Waals surface area contributed by atoms with Crippen LogP contribution in [0.2, 0.25) is 0 Å². The quantitative estimate of drug-likeness (QED) is 0.837. The maximum Gasteiger partial charge on any atom is 0.308 e. The molecule has 5 nitrogen and oxygen atoms in total. The molecule has 1 heterocycles. The minimum absolute atomic E-state index is 0.409. The minimum Gasteiger partial charge on any atom is -0.481 e. The molecular weight excluding hydrogens is 357 g/mol. The van der Waals surface area contributed by atoms with E-state index >= 15 is 0 Å². The Labute approximate surface area is 124 Å². The van der Waals surface area contributed by atoms with Crippen molar-refractivity contribution in [3.05, 3.63) is 28.1 Å². The summed E-state index contributed by atoms with van der Waals surface area (Å²) in [7, 11) is 1.85. The van der Waals surface area contributed by atoms with Gasteiger partial charge >= 0.3 is 5.97 Å². The molecule has 1 atom stereocenters. The maximum absolute atomic E-state index is 10.9. The first-order valence-corrected chi connectivity index (χ1v) is 6.91. The number of aliphatic carboxylic acids is 1. The third-order valence-electron chi connectivity index (χ3n) is 2.92. The lowest BCUT2D eigenvalue weighted by atomic mass is 10.1. The average Bonchev–Trinajstić information content (AvgIpc) is 2.38. The summed E-state index contributed by atoms with van der Waals surface area (Å²) in [6.45, 7) is 2.10. The topological polar surface area (TPSA) is 66.3 Å². The molecule has 0 aliphatic carbocycles. The van der Waals surface area contributed by atoms with E-state index in [-0.39, 0.29) is 0 Å². The van der Waals surface area contributed by atoms with E-state index in [1.54, 1.807) is 6.92 Å². The maximum atomic E-state index is 10.9. The summed E-state index contributed by atoms with van der Waals surface area (Å²) in [5, 5.41) is 9.95. The van der Waals surface area contributed by atoms with E-state index in [9.17, 15) is 4.79 Å². The molecule has 100 valence electrons. The van der Waals surface area contributed by atoms with E-state index < -0.39 is 11.9 Å². The molecule has 1 unspecified atom stereocenters. The van der Waals surface area contributed by atoms with E-state index in [2.05, 4.69) is 32.6 Å². The van der Waals surface area contributed by atoms with Crippen molar-refractivity contribution in [2.24, 2.45) is 5.92 Å². The Morgan fingerprint density at radius 1 is 1.47 bits per heavy atom. The number of hydrogen-bond acceptors (Lipinski definition) is 4. The SMILES string of the molecule is CC(CN(C)c1ncnc2cccc(I)c12)C(=O)O. The standard InChI is InChI=1S/C13H14IN3O2/c1-8(13(18)19)6-17(2)12-11-9(14)4-3-5-10(11)15-7-16-12/h3-5,7-8H,6H2,1-2H3,(H,18,19). The van der Waals surface area contributed by atoms with E-state index in [1.165, 1.54) is 6.33 Å². The monoisotopic (exact) mass is 371 g/mol. The summed E-state index contributed by atoms with van der Waals surface area (Å²) in [5.41, 5.74) is 0.867. The Bertz CT molecular complexity index is 613. The summed E-state index contributed by atoms with van der Waals surface area (Å²) in [6.07, 6.45) is 1.51. The molecule has 0 fully saturated rings. The zero-order valence-electron chi connectivity index (χ0n) is 10.7. The van der Waals surface area contributed by atoms with Gasteiger partial charge < -0.3 is 10.0 Å². The largest absolute Gasteiger partial charge is 0.481 e. The number of nitrogens with zero attached hydrogens (tertiary/aromatic N) is 3. The Balaban J connectivity index is 2.42. The van der Waals surface area contributed by atoms with Crippen LogP contribution in [0.15, 0.2) is 24.5 Å². The van der Waals surface area contributed by atoms with Crippen molar-refractivity contribution < 1.29 is 9.90 Å². The van der Waals surface area contributed by atoms with Crippen molar-refractivity contribution in [1.82, 2.24) is 9.97 Å². The number of fused-ring (bicyclic) bond motifs is 1. The molecule has 0 spiro atoms. The smallest absolute Gasteiger partial charge is 0.308 e. The number of anilines is 1. The highest BCUT2D eigenvalue weighted by Gasteiger charge is 2.17. The lowest BCUT2D eigenvalue weighted by Gasteiger charge is -2.22. The van der Waals surface area contributed by atoms with Gasteiger partial charge in [-0.3, -0.25) is 4.79 Å². The molecule has 0 saturated heterocycles. The predicted molar refractivity (Wildman–Crippen MR) is 82.3 cm³/mol. The first-order chi connectivity index (χ1) is 9.00. The molecule has 0 radical (unpaired) electrons. The fraction of sp³-hybridized carbons (Fsp3) is 0.308. The van der Waals surface area contributed by atoms with Gasteiger partial charge in [0.1, 0.15) is 12.1 Å². The molecule has 0 amide bonds. The van der Waals surface area contributed by atoms with E-state index in [4.69, 9.17) is 5.11 Å². The summed E-state index contributed by atoms with van der Waals surface area (Å²) in [5.74, 6) is -0.487. The van der Waals surface area contributed by atoms with Gasteiger partial charge in [-0.15, -0.1) is 0 Å². The third kappa shape index (κ3) is 2.94. The van der Waals surface area contributed by atoms with Crippen LogP contribution in [0, 0.1) is 9.49 Å². The van der Waals surface area contributed by atoms with E-state index in [1.807, 2.05) is 30.1 Å². The fourth-order valence-electron chi connectivity index (χ4n) is 1.92. The zero-order valence-corrected chi connectivity index (χ0v) is 12.8. The van der Waals surface area contributed by atoms with Gasteiger partial charge in [-0.2, -0.15) is 0 Å². The van der Waals surface area contributed by atoms with Crippen LogP contribution in [0.3, 0.4) is 0 Å². The van der Waals surface area contributed by atoms with Crippen molar-refractivity contribution >= 4 is 45.3 Å². The molecule has 1 aromatic heterocycles. The molecule has 6 heteroatoms. The number of carboxylic acid groups (broad SMARTS) is 1. The average molecular weight is 371 g/mol. The molecule has 2 aromatic rings. The number of halogens is 1. The van der Waals surface area contributed by atoms with Crippen LogP contribution >= 0.6 is 22.6 Å². The van der Waals surface area contributed by atoms with Crippen molar-refractivity contribution in [2.75, 3.05) is 18.5 Å². The van der Waals surface area contributed by atoms with Gasteiger partial charge in [0.05, 0.1) is 16.8 Å². The van der Waals surface area contributed by atoms with Crippen LogP contribution in [0.4, 0.5) is 5.82 Å². The summed E-state index contributed by atoms with van der Waals surface area (Å²) in [6, 6.07) is 5.86. The molecule has 0 bridgehead atoms. The molecule has 0 aliphatic heterocycles. The Kier molecular flexibility index (Phi) is 4.18. The van der Waals surface area contributed by atoms with Crippen LogP contribution < -0.4 is 4.90 Å². The van der Waals surface area contributed by atoms with Crippen LogP contribution in [0.1, 0.15) is 6.92 Å². The first kappa shape index (κ1) is 14.0. The predicted octanol–water partition coefficient (Wildman–Crippen LogP) is 2.39. The highest BCUT2D eigenvalue weighted by molar-refractivity contribution is 14.1. The van der Waals surface area contributed by atoms with Gasteiger partial charge in [-0.25, -0.2) is 9.97 Å². The summed E-state index contributed by atoms with van der Waals surface area (Å²) in [4.78, 5) is 21.3. The number of aromatic nitrogens is 2. The van der Waals surface area contributed by atoms with E-state index in [0.29, 0.717) is 6.54 Å². The fourth-order valence-corrected chi connectivity index (χ4v) is 2.64. The molecule has 1 aromatic carbocycles. The molecular formula is C13H14IN3O2. The Morgan fingerprint density at radius 3 is 2.89 bits per heavy atom. The second-order valence-electron chi connectivity index (χ2n) is 4.45. The molecule has 1 N–H and O–H groups in total. The molecule has 0 saturated carbocycles. The van der Waals surface area contributed by atoms with Crippen molar-refractivity contribution in [3.8, 4) is 0 Å². The normalized spacial score (nSPS) is 12.4. The first-order valence-electron chi connectivity index (χ1n) is 5.84. The van der Waals surface area contributed by atoms with Crippen molar-refractivity contribution in [2.45, 2.75) is 6.92 Å². The van der Waals surface area contributed by atoms with Crippen LogP contribution in [-0.4, -0.2) is 34.6 Å². The number of hydrogen-bond donors (Lipinski definition) is 1. The molecule has 0 aliphatic rings. The van der Waals surface area contributed by atoms with Crippen LogP contribution in [-0.2, 0) is 4.79 Å². The second kappa shape index (κ2) is 5.68. The zero-order chi connectivity index (χ0) is 14.0. The van der Waals surface area contributed by atoms with Gasteiger partial charge in [0.2, 0.25) is 0 Å². The van der Waals surface area contributed by atoms with E-state index in [0.717, 1.165) is 20.3 Å². The number of rotatable bonds is 4. The molecule has 2 rings (SSSR count). The Hall–Kier alpha value is -1.44. The number of benzene rings is 1. The highest BCUT2D eigenvalue weighted by Crippen LogP contribution is 2.27. The van der Waals surface area contributed by atoms with Crippen molar-refractivity contribution in [3.63, 3.8) is 0 Å². The summed E-state index contributed by atoms with van der Waals surface area (Å²) < 4.78 is 1.06. The van der Waals surface area contributed by atoms with Gasteiger partial charge in [0, 0.05) is 17.2 Å². The Morgan fingerprint density at radius 2 is 2.21 bits per heavy atom. The van der Waals surface area contributed by atoms with Crippen LogP contribution in [0.5, 0.6) is 0 Å². The lowest BCUT2D eigenvalue weighted by molar-refractivity contribution is -0.140. The van der Waals surface area contributed by atoms with Gasteiger partial charge in [-0.1, -0.05) is 13.0 Å². The van der Waals surface area contributed by atoms with Gasteiger partial charge in [-0.05, 0) is 34.7 Å². The molecule has 19 heavy (non-hydrogen) atoms. The van der Waals surface area contributed by atoms with Gasteiger partial charge in [0.25, 0.3) is 0 Å².